The molecule has 118 valence electrons. The van der Waals surface area contributed by atoms with Crippen molar-refractivity contribution in [1.82, 2.24) is 4.90 Å². The Bertz CT molecular complexity index is 576. The average molecular weight is 318 g/mol. The number of para-hydroxylation sites is 1. The second kappa shape index (κ2) is 6.73. The summed E-state index contributed by atoms with van der Waals surface area (Å²) in [4.78, 5) is 27.7. The molecule has 0 spiro atoms. The van der Waals surface area contributed by atoms with Crippen LogP contribution in [0.3, 0.4) is 0 Å². The van der Waals surface area contributed by atoms with Crippen LogP contribution in [0.15, 0.2) is 29.2 Å². The molecular weight excluding hydrogens is 296 g/mol. The molecule has 2 heterocycles. The molecule has 1 fully saturated rings. The van der Waals surface area contributed by atoms with Crippen molar-refractivity contribution in [1.29, 1.82) is 0 Å². The van der Waals surface area contributed by atoms with E-state index in [0.29, 0.717) is 12.3 Å². The quantitative estimate of drug-likeness (QED) is 0.911. The van der Waals surface area contributed by atoms with Gasteiger partial charge in [0.25, 0.3) is 0 Å². The summed E-state index contributed by atoms with van der Waals surface area (Å²) in [5.41, 5.74) is 0.852. The molecule has 22 heavy (non-hydrogen) atoms. The molecule has 1 N–H and O–H groups in total. The van der Waals surface area contributed by atoms with Gasteiger partial charge in [0.1, 0.15) is 0 Å². The van der Waals surface area contributed by atoms with Gasteiger partial charge in [0.15, 0.2) is 0 Å². The monoisotopic (exact) mass is 318 g/mol. The van der Waals surface area contributed by atoms with Crippen LogP contribution in [0.25, 0.3) is 0 Å². The standard InChI is InChI=1S/C17H22N2O2S/c1-12-5-4-9-19(10-8-12)16(20)11-15-17(21)18-13-6-2-3-7-14(13)22-15/h2-3,6-7,12,15H,4-5,8-11H2,1H3,(H,18,21). The molecule has 2 aliphatic heterocycles. The zero-order valence-electron chi connectivity index (χ0n) is 12.9. The molecule has 0 radical (unpaired) electrons. The molecule has 0 bridgehead atoms. The van der Waals surface area contributed by atoms with Crippen LogP contribution < -0.4 is 5.32 Å². The van der Waals surface area contributed by atoms with Crippen molar-refractivity contribution in [2.75, 3.05) is 18.4 Å². The number of carbonyl (C=O) groups excluding carboxylic acids is 2. The van der Waals surface area contributed by atoms with E-state index >= 15 is 0 Å². The number of anilines is 1. The van der Waals surface area contributed by atoms with Crippen LogP contribution in [-0.4, -0.2) is 35.1 Å². The summed E-state index contributed by atoms with van der Waals surface area (Å²) in [6, 6.07) is 7.75. The number of hydrogen-bond donors (Lipinski definition) is 1. The highest BCUT2D eigenvalue weighted by atomic mass is 32.2. The number of nitrogens with one attached hydrogen (secondary N) is 1. The summed E-state index contributed by atoms with van der Waals surface area (Å²) in [6.45, 7) is 3.91. The highest BCUT2D eigenvalue weighted by Crippen LogP contribution is 2.36. The Hall–Kier alpha value is -1.49. The van der Waals surface area contributed by atoms with Crippen LogP contribution in [0, 0.1) is 5.92 Å². The zero-order chi connectivity index (χ0) is 15.5. The Kier molecular flexibility index (Phi) is 4.71. The molecule has 4 nitrogen and oxygen atoms in total. The predicted octanol–water partition coefficient (Wildman–Crippen LogP) is 3.14. The summed E-state index contributed by atoms with van der Waals surface area (Å²) in [5, 5.41) is 2.59. The summed E-state index contributed by atoms with van der Waals surface area (Å²) in [6.07, 6.45) is 3.62. The van der Waals surface area contributed by atoms with E-state index in [9.17, 15) is 9.59 Å². The lowest BCUT2D eigenvalue weighted by atomic mass is 10.0. The maximum absolute atomic E-state index is 12.5. The minimum absolute atomic E-state index is 0.0553. The first-order valence-corrected chi connectivity index (χ1v) is 8.86. The third-order valence-electron chi connectivity index (χ3n) is 4.44. The first-order valence-electron chi connectivity index (χ1n) is 7.98. The Morgan fingerprint density at radius 2 is 2.14 bits per heavy atom. The Morgan fingerprint density at radius 1 is 1.32 bits per heavy atom. The number of rotatable bonds is 2. The van der Waals surface area contributed by atoms with E-state index in [2.05, 4.69) is 12.2 Å². The molecule has 2 unspecified atom stereocenters. The van der Waals surface area contributed by atoms with E-state index in [1.165, 1.54) is 18.2 Å². The molecule has 5 heteroatoms. The van der Waals surface area contributed by atoms with E-state index in [0.717, 1.165) is 36.5 Å². The molecule has 2 atom stereocenters. The molecule has 3 rings (SSSR count). The topological polar surface area (TPSA) is 49.4 Å². The molecular formula is C17H22N2O2S. The number of likely N-dealkylation sites (tertiary alicyclic amines) is 1. The van der Waals surface area contributed by atoms with Gasteiger partial charge in [-0.2, -0.15) is 0 Å². The van der Waals surface area contributed by atoms with Gasteiger partial charge in [-0.3, -0.25) is 9.59 Å². The molecule has 0 aliphatic carbocycles. The number of benzene rings is 1. The van der Waals surface area contributed by atoms with Crippen molar-refractivity contribution in [3.05, 3.63) is 24.3 Å². The number of fused-ring (bicyclic) bond motifs is 1. The Balaban J connectivity index is 1.63. The maximum Gasteiger partial charge on any atom is 0.238 e. The molecule has 1 aromatic rings. The molecule has 1 aromatic carbocycles. The van der Waals surface area contributed by atoms with Crippen molar-refractivity contribution in [2.24, 2.45) is 5.92 Å². The first kappa shape index (κ1) is 15.4. The van der Waals surface area contributed by atoms with Crippen LogP contribution in [0.2, 0.25) is 0 Å². The van der Waals surface area contributed by atoms with E-state index in [-0.39, 0.29) is 17.1 Å². The van der Waals surface area contributed by atoms with Gasteiger partial charge in [0.05, 0.1) is 10.9 Å². The highest BCUT2D eigenvalue weighted by molar-refractivity contribution is 8.01. The second-order valence-corrected chi connectivity index (χ2v) is 7.46. The molecule has 0 saturated carbocycles. The van der Waals surface area contributed by atoms with Gasteiger partial charge < -0.3 is 10.2 Å². The SMILES string of the molecule is CC1CCCN(C(=O)CC2Sc3ccccc3NC2=O)CC1. The highest BCUT2D eigenvalue weighted by Gasteiger charge is 2.30. The Labute approximate surface area is 135 Å². The van der Waals surface area contributed by atoms with E-state index in [1.807, 2.05) is 29.2 Å². The summed E-state index contributed by atoms with van der Waals surface area (Å²) < 4.78 is 0. The minimum atomic E-state index is -0.317. The summed E-state index contributed by atoms with van der Waals surface area (Å²) in [7, 11) is 0. The minimum Gasteiger partial charge on any atom is -0.343 e. The largest absolute Gasteiger partial charge is 0.343 e. The van der Waals surface area contributed by atoms with Crippen molar-refractivity contribution in [2.45, 2.75) is 42.8 Å². The van der Waals surface area contributed by atoms with Crippen molar-refractivity contribution < 1.29 is 9.59 Å². The summed E-state index contributed by atoms with van der Waals surface area (Å²) >= 11 is 1.50. The fourth-order valence-corrected chi connectivity index (χ4v) is 4.13. The zero-order valence-corrected chi connectivity index (χ0v) is 13.7. The van der Waals surface area contributed by atoms with Gasteiger partial charge in [-0.15, -0.1) is 11.8 Å². The number of hydrogen-bond acceptors (Lipinski definition) is 3. The number of thioether (sulfide) groups is 1. The molecule has 0 aromatic heterocycles. The maximum atomic E-state index is 12.5. The van der Waals surface area contributed by atoms with Gasteiger partial charge in [0.2, 0.25) is 11.8 Å². The van der Waals surface area contributed by atoms with E-state index in [4.69, 9.17) is 0 Å². The van der Waals surface area contributed by atoms with Gasteiger partial charge in [-0.25, -0.2) is 0 Å². The van der Waals surface area contributed by atoms with Crippen molar-refractivity contribution in [3.63, 3.8) is 0 Å². The van der Waals surface area contributed by atoms with Crippen molar-refractivity contribution in [3.8, 4) is 0 Å². The number of nitrogens with zero attached hydrogens (tertiary/aromatic N) is 1. The summed E-state index contributed by atoms with van der Waals surface area (Å²) in [5.74, 6) is 0.749. The van der Waals surface area contributed by atoms with Crippen LogP contribution in [0.4, 0.5) is 5.69 Å². The van der Waals surface area contributed by atoms with E-state index < -0.39 is 0 Å². The van der Waals surface area contributed by atoms with Gasteiger partial charge in [-0.1, -0.05) is 19.1 Å². The van der Waals surface area contributed by atoms with Gasteiger partial charge >= 0.3 is 0 Å². The Morgan fingerprint density at radius 3 is 3.00 bits per heavy atom. The number of amides is 2. The fraction of sp³-hybridized carbons (Fsp3) is 0.529. The predicted molar refractivity (Wildman–Crippen MR) is 88.9 cm³/mol. The van der Waals surface area contributed by atoms with Crippen LogP contribution in [-0.2, 0) is 9.59 Å². The average Bonchev–Trinajstić information content (AvgIpc) is 2.73. The molecule has 2 aliphatic rings. The third-order valence-corrected chi connectivity index (χ3v) is 5.71. The van der Waals surface area contributed by atoms with Crippen molar-refractivity contribution >= 4 is 29.3 Å². The van der Waals surface area contributed by atoms with Crippen LogP contribution in [0.5, 0.6) is 0 Å². The second-order valence-electron chi connectivity index (χ2n) is 6.21. The van der Waals surface area contributed by atoms with E-state index in [1.54, 1.807) is 0 Å². The molecule has 2 amide bonds. The van der Waals surface area contributed by atoms with Crippen LogP contribution >= 0.6 is 11.8 Å². The first-order chi connectivity index (χ1) is 10.6. The van der Waals surface area contributed by atoms with Crippen LogP contribution in [0.1, 0.15) is 32.6 Å². The lowest BCUT2D eigenvalue weighted by molar-refractivity contribution is -0.132. The van der Waals surface area contributed by atoms with Gasteiger partial charge in [-0.05, 0) is 37.3 Å². The normalized spacial score (nSPS) is 25.1. The number of carbonyl (C=O) groups is 2. The fourth-order valence-electron chi connectivity index (χ4n) is 3.03. The third kappa shape index (κ3) is 3.46. The van der Waals surface area contributed by atoms with Gasteiger partial charge in [0, 0.05) is 24.4 Å². The molecule has 1 saturated heterocycles. The lowest BCUT2D eigenvalue weighted by Gasteiger charge is -2.26. The lowest BCUT2D eigenvalue weighted by Crippen LogP contribution is -2.38. The smallest absolute Gasteiger partial charge is 0.238 e.